The zero-order valence-corrected chi connectivity index (χ0v) is 14.2. The van der Waals surface area contributed by atoms with E-state index in [4.69, 9.17) is 5.26 Å². The van der Waals surface area contributed by atoms with Gasteiger partial charge in [-0.05, 0) is 56.9 Å². The van der Waals surface area contributed by atoms with Crippen molar-refractivity contribution in [3.05, 3.63) is 47.3 Å². The van der Waals surface area contributed by atoms with Gasteiger partial charge in [-0.15, -0.1) is 0 Å². The fourth-order valence-corrected chi connectivity index (χ4v) is 3.48. The number of hydrogen-bond donors (Lipinski definition) is 2. The van der Waals surface area contributed by atoms with E-state index in [0.717, 1.165) is 42.8 Å². The summed E-state index contributed by atoms with van der Waals surface area (Å²) < 4.78 is 1.90. The zero-order valence-electron chi connectivity index (χ0n) is 14.2. The third kappa shape index (κ3) is 3.35. The molecule has 5 nitrogen and oxygen atoms in total. The highest BCUT2D eigenvalue weighted by Gasteiger charge is 2.25. The van der Waals surface area contributed by atoms with Gasteiger partial charge < -0.3 is 10.4 Å². The molecule has 1 heterocycles. The molecule has 0 amide bonds. The Kier molecular flexibility index (Phi) is 4.98. The van der Waals surface area contributed by atoms with Crippen molar-refractivity contribution in [3.63, 3.8) is 0 Å². The van der Waals surface area contributed by atoms with E-state index in [1.807, 2.05) is 23.0 Å². The van der Waals surface area contributed by atoms with Gasteiger partial charge in [0, 0.05) is 23.8 Å². The average Bonchev–Trinajstić information content (AvgIpc) is 3.18. The van der Waals surface area contributed by atoms with Crippen LogP contribution in [0.15, 0.2) is 30.5 Å². The van der Waals surface area contributed by atoms with Crippen LogP contribution in [0.1, 0.15) is 49.0 Å². The molecule has 3 rings (SSSR count). The summed E-state index contributed by atoms with van der Waals surface area (Å²) in [7, 11) is 0. The summed E-state index contributed by atoms with van der Waals surface area (Å²) in [6, 6.07) is 9.75. The summed E-state index contributed by atoms with van der Waals surface area (Å²) >= 11 is 0. The summed E-state index contributed by atoms with van der Waals surface area (Å²) in [4.78, 5) is 0. The van der Waals surface area contributed by atoms with Gasteiger partial charge in [0.15, 0.2) is 0 Å². The van der Waals surface area contributed by atoms with Crippen molar-refractivity contribution >= 4 is 0 Å². The van der Waals surface area contributed by atoms with Crippen molar-refractivity contribution in [2.45, 2.75) is 45.3 Å². The van der Waals surface area contributed by atoms with E-state index >= 15 is 0 Å². The molecule has 5 heteroatoms. The van der Waals surface area contributed by atoms with Crippen LogP contribution >= 0.6 is 0 Å². The van der Waals surface area contributed by atoms with Gasteiger partial charge in [-0.3, -0.25) is 0 Å². The Morgan fingerprint density at radius 3 is 2.75 bits per heavy atom. The number of nitriles is 1. The van der Waals surface area contributed by atoms with Crippen LogP contribution in [0.2, 0.25) is 0 Å². The molecule has 0 radical (unpaired) electrons. The van der Waals surface area contributed by atoms with Crippen molar-refractivity contribution in [2.75, 3.05) is 6.54 Å². The summed E-state index contributed by atoms with van der Waals surface area (Å²) in [6.45, 7) is 5.03. The Morgan fingerprint density at radius 2 is 2.12 bits per heavy atom. The lowest BCUT2D eigenvalue weighted by Gasteiger charge is -2.19. The van der Waals surface area contributed by atoms with Crippen LogP contribution in [0.5, 0.6) is 0 Å². The van der Waals surface area contributed by atoms with E-state index in [-0.39, 0.29) is 12.1 Å². The molecule has 3 unspecified atom stereocenters. The standard InChI is InChI=1S/C19H24N4O/c1-13(21-11-16-4-3-5-19(16)24)18-12-22-23(14(18)2)17-8-6-15(10-20)7-9-17/h6-9,12-13,16,19,21,24H,3-5,11H2,1-2H3. The molecular weight excluding hydrogens is 300 g/mol. The Bertz CT molecular complexity index is 729. The van der Waals surface area contributed by atoms with Crippen LogP contribution in [0.25, 0.3) is 5.69 Å². The van der Waals surface area contributed by atoms with Gasteiger partial charge in [0.25, 0.3) is 0 Å². The maximum absolute atomic E-state index is 9.94. The molecule has 1 aliphatic carbocycles. The van der Waals surface area contributed by atoms with Crippen LogP contribution in [-0.2, 0) is 0 Å². The van der Waals surface area contributed by atoms with Crippen LogP contribution in [0.3, 0.4) is 0 Å². The summed E-state index contributed by atoms with van der Waals surface area (Å²) in [5.41, 5.74) is 3.85. The fraction of sp³-hybridized carbons (Fsp3) is 0.474. The Morgan fingerprint density at radius 1 is 1.38 bits per heavy atom. The van der Waals surface area contributed by atoms with Crippen molar-refractivity contribution < 1.29 is 5.11 Å². The highest BCUT2D eigenvalue weighted by Crippen LogP contribution is 2.26. The van der Waals surface area contributed by atoms with E-state index < -0.39 is 0 Å². The predicted molar refractivity (Wildman–Crippen MR) is 92.8 cm³/mol. The van der Waals surface area contributed by atoms with Crippen molar-refractivity contribution in [2.24, 2.45) is 5.92 Å². The minimum Gasteiger partial charge on any atom is -0.393 e. The number of nitrogens with zero attached hydrogens (tertiary/aromatic N) is 3. The molecule has 1 aromatic heterocycles. The number of aliphatic hydroxyl groups excluding tert-OH is 1. The van der Waals surface area contributed by atoms with Crippen molar-refractivity contribution in [1.82, 2.24) is 15.1 Å². The maximum Gasteiger partial charge on any atom is 0.0991 e. The topological polar surface area (TPSA) is 73.9 Å². The lowest BCUT2D eigenvalue weighted by atomic mass is 10.0. The number of aliphatic hydroxyl groups is 1. The second kappa shape index (κ2) is 7.16. The highest BCUT2D eigenvalue weighted by atomic mass is 16.3. The number of aromatic nitrogens is 2. The molecule has 0 saturated heterocycles. The van der Waals surface area contributed by atoms with Gasteiger partial charge in [0.05, 0.1) is 29.6 Å². The highest BCUT2D eigenvalue weighted by molar-refractivity contribution is 5.40. The Balaban J connectivity index is 1.70. The summed E-state index contributed by atoms with van der Waals surface area (Å²) in [5.74, 6) is 0.362. The number of nitrogens with one attached hydrogen (secondary N) is 1. The first kappa shape index (κ1) is 16.7. The number of hydrogen-bond acceptors (Lipinski definition) is 4. The second-order valence-corrected chi connectivity index (χ2v) is 6.64. The first-order chi connectivity index (χ1) is 11.6. The minimum atomic E-state index is -0.160. The third-order valence-electron chi connectivity index (χ3n) is 5.06. The molecule has 3 atom stereocenters. The molecule has 1 aliphatic rings. The van der Waals surface area contributed by atoms with E-state index in [1.165, 1.54) is 0 Å². The van der Waals surface area contributed by atoms with E-state index in [0.29, 0.717) is 11.5 Å². The SMILES string of the molecule is Cc1c(C(C)NCC2CCCC2O)cnn1-c1ccc(C#N)cc1. The van der Waals surface area contributed by atoms with Crippen LogP contribution < -0.4 is 5.32 Å². The molecule has 1 fully saturated rings. The normalized spacial score (nSPS) is 21.6. The predicted octanol–water partition coefficient (Wildman–Crippen LogP) is 2.86. The molecule has 0 bridgehead atoms. The van der Waals surface area contributed by atoms with Crippen LogP contribution in [0.4, 0.5) is 0 Å². The van der Waals surface area contributed by atoms with E-state index in [1.54, 1.807) is 12.1 Å². The number of rotatable bonds is 5. The Labute approximate surface area is 142 Å². The Hall–Kier alpha value is -2.16. The molecule has 126 valence electrons. The van der Waals surface area contributed by atoms with Gasteiger partial charge in [0.1, 0.15) is 0 Å². The fourth-order valence-electron chi connectivity index (χ4n) is 3.48. The second-order valence-electron chi connectivity index (χ2n) is 6.64. The van der Waals surface area contributed by atoms with Gasteiger partial charge in [-0.1, -0.05) is 6.42 Å². The van der Waals surface area contributed by atoms with Crippen molar-refractivity contribution in [3.8, 4) is 11.8 Å². The number of benzene rings is 1. The van der Waals surface area contributed by atoms with Gasteiger partial charge in [-0.2, -0.15) is 10.4 Å². The molecular formula is C19H24N4O. The molecule has 0 aliphatic heterocycles. The molecule has 2 aromatic rings. The van der Waals surface area contributed by atoms with Crippen molar-refractivity contribution in [1.29, 1.82) is 5.26 Å². The van der Waals surface area contributed by atoms with Crippen LogP contribution in [-0.4, -0.2) is 27.5 Å². The molecule has 2 N–H and O–H groups in total. The molecule has 1 aromatic carbocycles. The largest absolute Gasteiger partial charge is 0.393 e. The average molecular weight is 324 g/mol. The molecule has 24 heavy (non-hydrogen) atoms. The molecule has 1 saturated carbocycles. The lowest BCUT2D eigenvalue weighted by molar-refractivity contribution is 0.130. The van der Waals surface area contributed by atoms with E-state index in [2.05, 4.69) is 30.3 Å². The smallest absolute Gasteiger partial charge is 0.0991 e. The first-order valence-electron chi connectivity index (χ1n) is 8.56. The summed E-state index contributed by atoms with van der Waals surface area (Å²) in [6.07, 6.45) is 4.89. The third-order valence-corrected chi connectivity index (χ3v) is 5.06. The van der Waals surface area contributed by atoms with Crippen LogP contribution in [0, 0.1) is 24.2 Å². The first-order valence-corrected chi connectivity index (χ1v) is 8.56. The quantitative estimate of drug-likeness (QED) is 0.887. The van der Waals surface area contributed by atoms with Gasteiger partial charge in [0.2, 0.25) is 0 Å². The van der Waals surface area contributed by atoms with E-state index in [9.17, 15) is 5.11 Å². The zero-order chi connectivity index (χ0) is 17.1. The monoisotopic (exact) mass is 324 g/mol. The van der Waals surface area contributed by atoms with Gasteiger partial charge in [-0.25, -0.2) is 4.68 Å². The lowest BCUT2D eigenvalue weighted by Crippen LogP contribution is -2.29. The summed E-state index contributed by atoms with van der Waals surface area (Å²) in [5, 5.41) is 26.9. The maximum atomic E-state index is 9.94. The molecule has 0 spiro atoms. The minimum absolute atomic E-state index is 0.160. The van der Waals surface area contributed by atoms with Gasteiger partial charge >= 0.3 is 0 Å².